The zero-order chi connectivity index (χ0) is 15.4. The fourth-order valence-electron chi connectivity index (χ4n) is 2.52. The molecule has 4 nitrogen and oxygen atoms in total. The lowest BCUT2D eigenvalue weighted by Crippen LogP contribution is -2.08. The third kappa shape index (κ3) is 3.27. The molecule has 0 unspecified atom stereocenters. The van der Waals surface area contributed by atoms with Gasteiger partial charge in [0.05, 0.1) is 6.61 Å². The Bertz CT molecular complexity index is 585. The lowest BCUT2D eigenvalue weighted by molar-refractivity contribution is 0.185. The maximum atomic E-state index is 6.33. The van der Waals surface area contributed by atoms with Crippen molar-refractivity contribution in [3.63, 3.8) is 0 Å². The van der Waals surface area contributed by atoms with E-state index in [9.17, 15) is 0 Å². The molecule has 0 saturated heterocycles. The zero-order valence-corrected chi connectivity index (χ0v) is 13.4. The van der Waals surface area contributed by atoms with Crippen molar-refractivity contribution < 1.29 is 4.74 Å². The van der Waals surface area contributed by atoms with E-state index in [2.05, 4.69) is 49.6 Å². The number of ether oxygens (including phenoxy) is 1. The van der Waals surface area contributed by atoms with Crippen LogP contribution in [0, 0.1) is 0 Å². The minimum absolute atomic E-state index is 0.361. The summed E-state index contributed by atoms with van der Waals surface area (Å²) >= 11 is 0. The summed E-state index contributed by atoms with van der Waals surface area (Å²) in [5, 5.41) is 0. The standard InChI is InChI=1S/C17H25N3O/c1-5-10-20-16(18)15(19-17(20)12(2)3)14-8-6-13(7-9-14)11-21-4/h6-9,12H,5,10-11,18H2,1-4H3. The Labute approximate surface area is 127 Å². The minimum Gasteiger partial charge on any atom is -0.383 e. The number of imidazole rings is 1. The summed E-state index contributed by atoms with van der Waals surface area (Å²) < 4.78 is 7.28. The fourth-order valence-corrected chi connectivity index (χ4v) is 2.52. The summed E-state index contributed by atoms with van der Waals surface area (Å²) in [5.74, 6) is 2.19. The van der Waals surface area contributed by atoms with Gasteiger partial charge in [0, 0.05) is 25.1 Å². The number of hydrogen-bond donors (Lipinski definition) is 1. The average molecular weight is 287 g/mol. The number of aromatic nitrogens is 2. The first kappa shape index (κ1) is 15.6. The smallest absolute Gasteiger partial charge is 0.131 e. The number of benzene rings is 1. The lowest BCUT2D eigenvalue weighted by Gasteiger charge is -2.10. The van der Waals surface area contributed by atoms with Crippen molar-refractivity contribution in [2.24, 2.45) is 0 Å². The topological polar surface area (TPSA) is 53.1 Å². The molecule has 2 N–H and O–H groups in total. The van der Waals surface area contributed by atoms with Crippen LogP contribution < -0.4 is 5.73 Å². The third-order valence-electron chi connectivity index (χ3n) is 3.54. The lowest BCUT2D eigenvalue weighted by atomic mass is 10.1. The maximum absolute atomic E-state index is 6.33. The Kier molecular flexibility index (Phi) is 5.02. The molecule has 1 heterocycles. The Morgan fingerprint density at radius 1 is 1.24 bits per heavy atom. The minimum atomic E-state index is 0.361. The van der Waals surface area contributed by atoms with E-state index in [1.54, 1.807) is 7.11 Å². The molecule has 0 spiro atoms. The van der Waals surface area contributed by atoms with Crippen LogP contribution >= 0.6 is 0 Å². The van der Waals surface area contributed by atoms with Crippen molar-refractivity contribution in [2.75, 3.05) is 12.8 Å². The van der Waals surface area contributed by atoms with E-state index >= 15 is 0 Å². The van der Waals surface area contributed by atoms with E-state index in [4.69, 9.17) is 15.5 Å². The largest absolute Gasteiger partial charge is 0.383 e. The monoisotopic (exact) mass is 287 g/mol. The summed E-state index contributed by atoms with van der Waals surface area (Å²) in [5.41, 5.74) is 9.43. The van der Waals surface area contributed by atoms with Gasteiger partial charge in [-0.25, -0.2) is 4.98 Å². The molecule has 114 valence electrons. The Hall–Kier alpha value is -1.81. The quantitative estimate of drug-likeness (QED) is 0.879. The number of nitrogens with zero attached hydrogens (tertiary/aromatic N) is 2. The number of nitrogens with two attached hydrogens (primary N) is 1. The van der Waals surface area contributed by atoms with Gasteiger partial charge in [-0.3, -0.25) is 0 Å². The van der Waals surface area contributed by atoms with Crippen molar-refractivity contribution in [1.82, 2.24) is 9.55 Å². The first-order valence-corrected chi connectivity index (χ1v) is 7.52. The van der Waals surface area contributed by atoms with Gasteiger partial charge < -0.3 is 15.0 Å². The van der Waals surface area contributed by atoms with Crippen LogP contribution in [0.3, 0.4) is 0 Å². The number of rotatable bonds is 6. The Balaban J connectivity index is 2.41. The summed E-state index contributed by atoms with van der Waals surface area (Å²) in [6.45, 7) is 7.99. The molecule has 0 atom stereocenters. The molecule has 0 saturated carbocycles. The summed E-state index contributed by atoms with van der Waals surface area (Å²) in [4.78, 5) is 4.78. The second kappa shape index (κ2) is 6.76. The van der Waals surface area contributed by atoms with E-state index < -0.39 is 0 Å². The van der Waals surface area contributed by atoms with Crippen molar-refractivity contribution in [3.8, 4) is 11.3 Å². The second-order valence-corrected chi connectivity index (χ2v) is 5.64. The van der Waals surface area contributed by atoms with Crippen molar-refractivity contribution in [3.05, 3.63) is 35.7 Å². The number of methoxy groups -OCH3 is 1. The molecule has 4 heteroatoms. The fraction of sp³-hybridized carbons (Fsp3) is 0.471. The summed E-state index contributed by atoms with van der Waals surface area (Å²) in [6.07, 6.45) is 1.05. The van der Waals surface area contributed by atoms with Gasteiger partial charge in [0.15, 0.2) is 0 Å². The predicted octanol–water partition coefficient (Wildman–Crippen LogP) is 3.81. The van der Waals surface area contributed by atoms with Crippen LogP contribution in [0.1, 0.15) is 44.5 Å². The summed E-state index contributed by atoms with van der Waals surface area (Å²) in [7, 11) is 1.70. The number of anilines is 1. The van der Waals surface area contributed by atoms with Gasteiger partial charge in [-0.2, -0.15) is 0 Å². The van der Waals surface area contributed by atoms with E-state index in [1.807, 2.05) is 0 Å². The highest BCUT2D eigenvalue weighted by Crippen LogP contribution is 2.29. The van der Waals surface area contributed by atoms with Gasteiger partial charge in [-0.15, -0.1) is 0 Å². The van der Waals surface area contributed by atoms with Crippen LogP contribution in [0.4, 0.5) is 5.82 Å². The Morgan fingerprint density at radius 3 is 2.43 bits per heavy atom. The predicted molar refractivity (Wildman–Crippen MR) is 87.2 cm³/mol. The molecule has 0 fully saturated rings. The van der Waals surface area contributed by atoms with Crippen LogP contribution in [-0.4, -0.2) is 16.7 Å². The molecule has 0 aliphatic rings. The van der Waals surface area contributed by atoms with E-state index in [-0.39, 0.29) is 0 Å². The van der Waals surface area contributed by atoms with Crippen LogP contribution in [0.15, 0.2) is 24.3 Å². The van der Waals surface area contributed by atoms with Crippen LogP contribution in [0.2, 0.25) is 0 Å². The Morgan fingerprint density at radius 2 is 1.90 bits per heavy atom. The molecular formula is C17H25N3O. The highest BCUT2D eigenvalue weighted by Gasteiger charge is 2.17. The molecule has 2 aromatic rings. The normalized spacial score (nSPS) is 11.3. The molecule has 0 aliphatic carbocycles. The van der Waals surface area contributed by atoms with Gasteiger partial charge in [0.25, 0.3) is 0 Å². The number of nitrogen functional groups attached to an aromatic ring is 1. The molecule has 0 amide bonds. The van der Waals surface area contributed by atoms with Gasteiger partial charge in [-0.05, 0) is 12.0 Å². The van der Waals surface area contributed by atoms with Crippen molar-refractivity contribution >= 4 is 5.82 Å². The highest BCUT2D eigenvalue weighted by molar-refractivity contribution is 5.71. The van der Waals surface area contributed by atoms with Gasteiger partial charge in [0.2, 0.25) is 0 Å². The van der Waals surface area contributed by atoms with E-state index in [0.29, 0.717) is 12.5 Å². The van der Waals surface area contributed by atoms with Crippen LogP contribution in [-0.2, 0) is 17.9 Å². The van der Waals surface area contributed by atoms with Crippen LogP contribution in [0.5, 0.6) is 0 Å². The molecule has 0 bridgehead atoms. The molecule has 0 radical (unpaired) electrons. The van der Waals surface area contributed by atoms with Gasteiger partial charge in [-0.1, -0.05) is 45.0 Å². The first-order chi connectivity index (χ1) is 10.1. The van der Waals surface area contributed by atoms with Crippen LogP contribution in [0.25, 0.3) is 11.3 Å². The SMILES string of the molecule is CCCn1c(C(C)C)nc(-c2ccc(COC)cc2)c1N. The second-order valence-electron chi connectivity index (χ2n) is 5.64. The molecular weight excluding hydrogens is 262 g/mol. The van der Waals surface area contributed by atoms with Crippen molar-refractivity contribution in [2.45, 2.75) is 46.3 Å². The molecule has 21 heavy (non-hydrogen) atoms. The van der Waals surface area contributed by atoms with Crippen molar-refractivity contribution in [1.29, 1.82) is 0 Å². The highest BCUT2D eigenvalue weighted by atomic mass is 16.5. The van der Waals surface area contributed by atoms with Gasteiger partial charge >= 0.3 is 0 Å². The van der Waals surface area contributed by atoms with E-state index in [0.717, 1.165) is 41.4 Å². The first-order valence-electron chi connectivity index (χ1n) is 7.52. The van der Waals surface area contributed by atoms with E-state index in [1.165, 1.54) is 0 Å². The summed E-state index contributed by atoms with van der Waals surface area (Å²) in [6, 6.07) is 8.25. The zero-order valence-electron chi connectivity index (χ0n) is 13.4. The molecule has 1 aromatic heterocycles. The molecule has 2 rings (SSSR count). The molecule has 0 aliphatic heterocycles. The number of hydrogen-bond acceptors (Lipinski definition) is 3. The molecule has 1 aromatic carbocycles. The maximum Gasteiger partial charge on any atom is 0.131 e. The third-order valence-corrected chi connectivity index (χ3v) is 3.54. The van der Waals surface area contributed by atoms with Gasteiger partial charge in [0.1, 0.15) is 17.3 Å². The average Bonchev–Trinajstić information content (AvgIpc) is 2.79.